The van der Waals surface area contributed by atoms with E-state index in [1.807, 2.05) is 41.3 Å². The maximum absolute atomic E-state index is 15.3. The number of halogens is 1. The van der Waals surface area contributed by atoms with Crippen molar-refractivity contribution in [2.24, 2.45) is 0 Å². The molecule has 0 saturated heterocycles. The number of carbonyl (C=O) groups is 1. The summed E-state index contributed by atoms with van der Waals surface area (Å²) in [5, 5.41) is 12.3. The quantitative estimate of drug-likeness (QED) is 0.253. The van der Waals surface area contributed by atoms with Gasteiger partial charge in [-0.3, -0.25) is 9.36 Å². The molecule has 1 aliphatic carbocycles. The Bertz CT molecular complexity index is 2000. The molecule has 1 fully saturated rings. The lowest BCUT2D eigenvalue weighted by atomic mass is 9.95. The number of urea groups is 1. The Balaban J connectivity index is 1.29. The molecule has 43 heavy (non-hydrogen) atoms. The van der Waals surface area contributed by atoms with Gasteiger partial charge in [0, 0.05) is 55.5 Å². The molecule has 7 rings (SSSR count). The highest BCUT2D eigenvalue weighted by Crippen LogP contribution is 2.41. The number of nitrogens with one attached hydrogen (secondary N) is 1. The largest absolute Gasteiger partial charge is 0.392 e. The monoisotopic (exact) mass is 576 g/mol. The van der Waals surface area contributed by atoms with Crippen molar-refractivity contribution in [3.05, 3.63) is 106 Å². The van der Waals surface area contributed by atoms with Gasteiger partial charge in [-0.05, 0) is 83.2 Å². The fourth-order valence-electron chi connectivity index (χ4n) is 6.34. The van der Waals surface area contributed by atoms with Crippen LogP contribution in [0.5, 0.6) is 0 Å². The van der Waals surface area contributed by atoms with Gasteiger partial charge in [-0.25, -0.2) is 9.18 Å². The molecule has 218 valence electrons. The van der Waals surface area contributed by atoms with Crippen molar-refractivity contribution in [3.8, 4) is 16.8 Å². The molecule has 0 radical (unpaired) electrons. The highest BCUT2D eigenvalue weighted by Gasteiger charge is 2.26. The molecule has 5 aromatic rings. The van der Waals surface area contributed by atoms with E-state index in [1.165, 1.54) is 10.6 Å². The van der Waals surface area contributed by atoms with E-state index < -0.39 is 11.4 Å². The number of amides is 2. The molecule has 8 heteroatoms. The minimum absolute atomic E-state index is 0.00177. The summed E-state index contributed by atoms with van der Waals surface area (Å²) in [5.74, 6) is -0.122. The lowest BCUT2D eigenvalue weighted by molar-refractivity contribution is 0.176. The molecule has 0 bridgehead atoms. The molecule has 3 aromatic carbocycles. The number of fused-ring (bicyclic) bond motifs is 2. The van der Waals surface area contributed by atoms with Crippen LogP contribution in [-0.2, 0) is 6.61 Å². The summed E-state index contributed by atoms with van der Waals surface area (Å²) >= 11 is 0. The Morgan fingerprint density at radius 2 is 1.86 bits per heavy atom. The Morgan fingerprint density at radius 1 is 1.07 bits per heavy atom. The Hall–Kier alpha value is -4.69. The summed E-state index contributed by atoms with van der Waals surface area (Å²) in [6, 6.07) is 18.9. The molecule has 2 N–H and O–H groups in total. The third kappa shape index (κ3) is 4.72. The highest BCUT2D eigenvalue weighted by atomic mass is 19.1. The fraction of sp³-hybridized carbons (Fsp3) is 0.257. The van der Waals surface area contributed by atoms with Crippen LogP contribution in [0.15, 0.2) is 77.7 Å². The third-order valence-corrected chi connectivity index (χ3v) is 8.76. The summed E-state index contributed by atoms with van der Waals surface area (Å²) in [6.45, 7) is 0.896. The lowest BCUT2D eigenvalue weighted by Gasteiger charge is -2.28. The standard InChI is InChI=1S/C35H33FN4O3/c1-38(2)35(43)39-14-11-22(12-15-39)31-19-27-25(5-3-7-30(27)37-31)26-6-4-8-32(28(26)20-41)40-16-13-23-17-24(21-9-10-21)18-29(36)33(23)34(40)42/h3-8,11,13,16-19,21,37,41H,9-10,12,14-15,20H2,1-2H3. The number of hydrogen-bond donors (Lipinski definition) is 2. The molecule has 0 spiro atoms. The normalized spacial score (nSPS) is 15.3. The van der Waals surface area contributed by atoms with Crippen LogP contribution in [0.25, 0.3) is 44.1 Å². The van der Waals surface area contributed by atoms with E-state index in [0.717, 1.165) is 58.1 Å². The summed E-state index contributed by atoms with van der Waals surface area (Å²) in [7, 11) is 3.52. The van der Waals surface area contributed by atoms with E-state index in [4.69, 9.17) is 0 Å². The molecule has 1 aliphatic heterocycles. The third-order valence-electron chi connectivity index (χ3n) is 8.76. The van der Waals surface area contributed by atoms with Crippen LogP contribution in [0.4, 0.5) is 9.18 Å². The van der Waals surface area contributed by atoms with Crippen molar-refractivity contribution in [1.82, 2.24) is 19.4 Å². The molecular formula is C35H33FN4O3. The van der Waals surface area contributed by atoms with Gasteiger partial charge in [0.25, 0.3) is 5.56 Å². The second-order valence-electron chi connectivity index (χ2n) is 11.7. The number of aliphatic hydroxyl groups is 1. The number of aromatic nitrogens is 2. The smallest absolute Gasteiger partial charge is 0.319 e. The average Bonchev–Trinajstić information content (AvgIpc) is 3.78. The topological polar surface area (TPSA) is 81.6 Å². The van der Waals surface area contributed by atoms with Crippen molar-refractivity contribution in [2.45, 2.75) is 31.8 Å². The first-order valence-corrected chi connectivity index (χ1v) is 14.7. The first-order valence-electron chi connectivity index (χ1n) is 14.7. The molecule has 2 aliphatic rings. The van der Waals surface area contributed by atoms with Crippen LogP contribution in [0, 0.1) is 5.82 Å². The fourth-order valence-corrected chi connectivity index (χ4v) is 6.34. The minimum atomic E-state index is -0.503. The zero-order chi connectivity index (χ0) is 29.8. The number of aromatic amines is 1. The van der Waals surface area contributed by atoms with Crippen LogP contribution < -0.4 is 5.56 Å². The Morgan fingerprint density at radius 3 is 2.58 bits per heavy atom. The van der Waals surface area contributed by atoms with Crippen LogP contribution in [0.2, 0.25) is 0 Å². The highest BCUT2D eigenvalue weighted by molar-refractivity contribution is 5.98. The van der Waals surface area contributed by atoms with Crippen LogP contribution >= 0.6 is 0 Å². The molecular weight excluding hydrogens is 543 g/mol. The number of benzene rings is 3. The maximum atomic E-state index is 15.3. The minimum Gasteiger partial charge on any atom is -0.392 e. The van der Waals surface area contributed by atoms with E-state index in [9.17, 15) is 14.7 Å². The number of aliphatic hydroxyl groups excluding tert-OH is 1. The first-order chi connectivity index (χ1) is 20.8. The number of hydrogen-bond acceptors (Lipinski definition) is 3. The average molecular weight is 577 g/mol. The number of H-pyrrole nitrogens is 1. The first kappa shape index (κ1) is 27.2. The van der Waals surface area contributed by atoms with Gasteiger partial charge in [0.1, 0.15) is 5.82 Å². The van der Waals surface area contributed by atoms with Gasteiger partial charge in [0.2, 0.25) is 0 Å². The van der Waals surface area contributed by atoms with Crippen molar-refractivity contribution in [3.63, 3.8) is 0 Å². The van der Waals surface area contributed by atoms with E-state index in [2.05, 4.69) is 17.1 Å². The van der Waals surface area contributed by atoms with Crippen LogP contribution in [0.1, 0.15) is 42.0 Å². The van der Waals surface area contributed by atoms with Crippen molar-refractivity contribution < 1.29 is 14.3 Å². The summed E-state index contributed by atoms with van der Waals surface area (Å²) in [5.41, 5.74) is 6.41. The molecule has 0 unspecified atom stereocenters. The van der Waals surface area contributed by atoms with Gasteiger partial charge in [-0.1, -0.05) is 36.4 Å². The predicted octanol–water partition coefficient (Wildman–Crippen LogP) is 6.42. The Labute approximate surface area is 248 Å². The second kappa shape index (κ2) is 10.5. The SMILES string of the molecule is CN(C)C(=O)N1CC=C(c2cc3c(-c4cccc(-n5ccc6cc(C7CC7)cc(F)c6c5=O)c4CO)cccc3[nH]2)CC1. The van der Waals surface area contributed by atoms with Gasteiger partial charge in [-0.2, -0.15) is 0 Å². The van der Waals surface area contributed by atoms with Crippen LogP contribution in [-0.4, -0.2) is 57.7 Å². The predicted molar refractivity (Wildman–Crippen MR) is 168 cm³/mol. The lowest BCUT2D eigenvalue weighted by Crippen LogP contribution is -2.41. The Kier molecular flexibility index (Phi) is 6.66. The van der Waals surface area contributed by atoms with Gasteiger partial charge in [0.15, 0.2) is 0 Å². The zero-order valence-electron chi connectivity index (χ0n) is 24.2. The summed E-state index contributed by atoms with van der Waals surface area (Å²) < 4.78 is 16.7. The number of rotatable bonds is 5. The molecule has 1 saturated carbocycles. The summed E-state index contributed by atoms with van der Waals surface area (Å²) in [6.07, 6.45) is 6.61. The van der Waals surface area contributed by atoms with E-state index >= 15 is 4.39 Å². The molecule has 2 aromatic heterocycles. The van der Waals surface area contributed by atoms with E-state index in [0.29, 0.717) is 35.6 Å². The van der Waals surface area contributed by atoms with Gasteiger partial charge < -0.3 is 19.9 Å². The number of carbonyl (C=O) groups excluding carboxylic acids is 1. The van der Waals surface area contributed by atoms with Gasteiger partial charge in [0.05, 0.1) is 17.7 Å². The van der Waals surface area contributed by atoms with E-state index in [-0.39, 0.29) is 18.0 Å². The second-order valence-corrected chi connectivity index (χ2v) is 11.7. The van der Waals surface area contributed by atoms with Crippen molar-refractivity contribution in [2.75, 3.05) is 27.2 Å². The van der Waals surface area contributed by atoms with Crippen molar-refractivity contribution in [1.29, 1.82) is 0 Å². The van der Waals surface area contributed by atoms with Crippen LogP contribution in [0.3, 0.4) is 0 Å². The molecule has 7 nitrogen and oxygen atoms in total. The zero-order valence-corrected chi connectivity index (χ0v) is 24.2. The molecule has 2 amide bonds. The van der Waals surface area contributed by atoms with Crippen molar-refractivity contribution >= 4 is 33.3 Å². The maximum Gasteiger partial charge on any atom is 0.319 e. The molecule has 0 atom stereocenters. The van der Waals surface area contributed by atoms with Gasteiger partial charge in [-0.15, -0.1) is 0 Å². The van der Waals surface area contributed by atoms with Gasteiger partial charge >= 0.3 is 6.03 Å². The summed E-state index contributed by atoms with van der Waals surface area (Å²) in [4.78, 5) is 33.0. The number of nitrogens with zero attached hydrogens (tertiary/aromatic N) is 3. The van der Waals surface area contributed by atoms with E-state index in [1.54, 1.807) is 37.3 Å². The molecule has 3 heterocycles. The number of pyridine rings is 1.